The summed E-state index contributed by atoms with van der Waals surface area (Å²) in [5, 5.41) is 11.9. The molecule has 3 nitrogen and oxygen atoms in total. The molecule has 0 aromatic heterocycles. The van der Waals surface area contributed by atoms with Gasteiger partial charge in [-0.2, -0.15) is 0 Å². The molecule has 68 valence electrons. The second-order valence-electron chi connectivity index (χ2n) is 4.08. The van der Waals surface area contributed by atoms with E-state index in [-0.39, 0.29) is 11.5 Å². The average Bonchev–Trinajstić information content (AvgIpc) is 2.03. The third-order valence-corrected chi connectivity index (χ3v) is 3.37. The first kappa shape index (κ1) is 8.05. The summed E-state index contributed by atoms with van der Waals surface area (Å²) in [6.07, 6.45) is 5.93. The van der Waals surface area contributed by atoms with Gasteiger partial charge in [-0.05, 0) is 12.8 Å². The van der Waals surface area contributed by atoms with Crippen molar-refractivity contribution in [3.05, 3.63) is 0 Å². The maximum Gasteiger partial charge on any atom is 0.321 e. The van der Waals surface area contributed by atoms with E-state index in [1.54, 1.807) is 0 Å². The van der Waals surface area contributed by atoms with E-state index in [0.29, 0.717) is 0 Å². The van der Waals surface area contributed by atoms with Crippen LogP contribution in [-0.4, -0.2) is 23.7 Å². The minimum absolute atomic E-state index is 0.129. The van der Waals surface area contributed by atoms with Crippen molar-refractivity contribution in [2.45, 2.75) is 38.1 Å². The maximum absolute atomic E-state index is 10.8. The van der Waals surface area contributed by atoms with E-state index in [4.69, 9.17) is 5.11 Å². The van der Waals surface area contributed by atoms with Gasteiger partial charge in [0.05, 0.1) is 0 Å². The number of aliphatic carboxylic acids is 1. The number of carbonyl (C=O) groups is 1. The topological polar surface area (TPSA) is 49.3 Å². The van der Waals surface area contributed by atoms with Gasteiger partial charge in [-0.25, -0.2) is 0 Å². The zero-order valence-corrected chi connectivity index (χ0v) is 7.18. The molecule has 0 amide bonds. The van der Waals surface area contributed by atoms with Crippen LogP contribution in [0.15, 0.2) is 0 Å². The molecule has 2 rings (SSSR count). The number of rotatable bonds is 1. The van der Waals surface area contributed by atoms with Crippen molar-refractivity contribution in [1.29, 1.82) is 0 Å². The smallest absolute Gasteiger partial charge is 0.321 e. The van der Waals surface area contributed by atoms with Crippen LogP contribution in [0.5, 0.6) is 0 Å². The molecule has 2 N–H and O–H groups in total. The van der Waals surface area contributed by atoms with Gasteiger partial charge in [0.1, 0.15) is 6.04 Å². The van der Waals surface area contributed by atoms with Crippen LogP contribution in [0.25, 0.3) is 0 Å². The molecule has 1 aliphatic heterocycles. The molecule has 0 radical (unpaired) electrons. The number of nitrogens with one attached hydrogen (secondary N) is 1. The Balaban J connectivity index is 2.05. The molecule has 2 aliphatic rings. The van der Waals surface area contributed by atoms with Gasteiger partial charge in [-0.1, -0.05) is 19.3 Å². The van der Waals surface area contributed by atoms with E-state index >= 15 is 0 Å². The van der Waals surface area contributed by atoms with E-state index in [1.807, 2.05) is 0 Å². The minimum Gasteiger partial charge on any atom is -0.480 e. The highest BCUT2D eigenvalue weighted by atomic mass is 16.4. The molecule has 12 heavy (non-hydrogen) atoms. The van der Waals surface area contributed by atoms with Gasteiger partial charge in [-0.15, -0.1) is 0 Å². The molecule has 2 fully saturated rings. The summed E-state index contributed by atoms with van der Waals surface area (Å²) in [5.74, 6) is -0.664. The lowest BCUT2D eigenvalue weighted by Crippen LogP contribution is -2.66. The lowest BCUT2D eigenvalue weighted by Gasteiger charge is -2.50. The zero-order chi connectivity index (χ0) is 8.60. The highest BCUT2D eigenvalue weighted by Gasteiger charge is 2.50. The summed E-state index contributed by atoms with van der Waals surface area (Å²) in [6.45, 7) is 0.921. The van der Waals surface area contributed by atoms with Crippen molar-refractivity contribution in [3.63, 3.8) is 0 Å². The first-order valence-corrected chi connectivity index (χ1v) is 4.71. The first-order valence-electron chi connectivity index (χ1n) is 4.71. The largest absolute Gasteiger partial charge is 0.480 e. The number of hydrogen-bond acceptors (Lipinski definition) is 2. The second kappa shape index (κ2) is 2.73. The normalized spacial score (nSPS) is 32.8. The van der Waals surface area contributed by atoms with E-state index < -0.39 is 5.97 Å². The summed E-state index contributed by atoms with van der Waals surface area (Å²) in [7, 11) is 0. The predicted molar refractivity (Wildman–Crippen MR) is 44.9 cm³/mol. The van der Waals surface area contributed by atoms with Crippen molar-refractivity contribution < 1.29 is 9.90 Å². The predicted octanol–water partition coefficient (Wildman–Crippen LogP) is 0.993. The fourth-order valence-corrected chi connectivity index (χ4v) is 2.56. The van der Waals surface area contributed by atoms with Crippen LogP contribution >= 0.6 is 0 Å². The van der Waals surface area contributed by atoms with Gasteiger partial charge in [0, 0.05) is 12.0 Å². The second-order valence-corrected chi connectivity index (χ2v) is 4.08. The van der Waals surface area contributed by atoms with Gasteiger partial charge >= 0.3 is 5.97 Å². The molecule has 1 aliphatic carbocycles. The van der Waals surface area contributed by atoms with Crippen LogP contribution in [-0.2, 0) is 4.79 Å². The van der Waals surface area contributed by atoms with Crippen molar-refractivity contribution in [2.75, 3.05) is 6.54 Å². The average molecular weight is 169 g/mol. The monoisotopic (exact) mass is 169 g/mol. The standard InChI is InChI=1S/C9H15NO2/c11-8(12)7-9(6-10-7)4-2-1-3-5-9/h7,10H,1-6H2,(H,11,12)/t7-/m0/s1. The van der Waals surface area contributed by atoms with Crippen LogP contribution in [0.1, 0.15) is 32.1 Å². The van der Waals surface area contributed by atoms with E-state index in [0.717, 1.165) is 19.4 Å². The molecule has 1 saturated heterocycles. The molecule has 1 atom stereocenters. The molecule has 0 bridgehead atoms. The van der Waals surface area contributed by atoms with Crippen molar-refractivity contribution in [3.8, 4) is 0 Å². The van der Waals surface area contributed by atoms with Crippen LogP contribution in [0, 0.1) is 5.41 Å². The van der Waals surface area contributed by atoms with Gasteiger partial charge < -0.3 is 10.4 Å². The molecule has 0 aromatic carbocycles. The minimum atomic E-state index is -0.664. The Morgan fingerprint density at radius 1 is 1.33 bits per heavy atom. The molecule has 3 heteroatoms. The lowest BCUT2D eigenvalue weighted by molar-refractivity contribution is -0.149. The van der Waals surface area contributed by atoms with Crippen molar-refractivity contribution in [2.24, 2.45) is 5.41 Å². The summed E-state index contributed by atoms with van der Waals surface area (Å²) in [5.41, 5.74) is 0.129. The lowest BCUT2D eigenvalue weighted by atomic mass is 9.64. The first-order chi connectivity index (χ1) is 5.75. The third kappa shape index (κ3) is 1.04. The van der Waals surface area contributed by atoms with Crippen LogP contribution in [0.2, 0.25) is 0 Å². The van der Waals surface area contributed by atoms with E-state index in [1.165, 1.54) is 19.3 Å². The third-order valence-electron chi connectivity index (χ3n) is 3.37. The highest BCUT2D eigenvalue weighted by Crippen LogP contribution is 2.43. The Kier molecular flexibility index (Phi) is 1.83. The summed E-state index contributed by atoms with van der Waals surface area (Å²) in [4.78, 5) is 10.8. The van der Waals surface area contributed by atoms with Gasteiger partial charge in [0.2, 0.25) is 0 Å². The highest BCUT2D eigenvalue weighted by molar-refractivity contribution is 5.76. The van der Waals surface area contributed by atoms with E-state index in [9.17, 15) is 4.79 Å². The molecule has 1 saturated carbocycles. The van der Waals surface area contributed by atoms with Gasteiger partial charge in [-0.3, -0.25) is 4.79 Å². The van der Waals surface area contributed by atoms with E-state index in [2.05, 4.69) is 5.32 Å². The summed E-state index contributed by atoms with van der Waals surface area (Å²) in [6, 6.07) is -0.252. The van der Waals surface area contributed by atoms with Crippen molar-refractivity contribution in [1.82, 2.24) is 5.32 Å². The Bertz CT molecular complexity index is 197. The number of carboxylic acid groups (broad SMARTS) is 1. The quantitative estimate of drug-likeness (QED) is 0.615. The Labute approximate surface area is 72.2 Å². The number of carboxylic acids is 1. The molecular weight excluding hydrogens is 154 g/mol. The van der Waals surface area contributed by atoms with Gasteiger partial charge in [0.15, 0.2) is 0 Å². The van der Waals surface area contributed by atoms with Gasteiger partial charge in [0.25, 0.3) is 0 Å². The summed E-state index contributed by atoms with van der Waals surface area (Å²) >= 11 is 0. The Morgan fingerprint density at radius 2 is 2.00 bits per heavy atom. The van der Waals surface area contributed by atoms with Crippen molar-refractivity contribution >= 4 is 5.97 Å². The van der Waals surface area contributed by atoms with Crippen LogP contribution in [0.3, 0.4) is 0 Å². The Hall–Kier alpha value is -0.570. The zero-order valence-electron chi connectivity index (χ0n) is 7.18. The molecule has 1 spiro atoms. The SMILES string of the molecule is O=C(O)[C@@H]1NCC12CCCCC2. The molecule has 1 heterocycles. The maximum atomic E-state index is 10.8. The number of hydrogen-bond donors (Lipinski definition) is 2. The van der Waals surface area contributed by atoms with Crippen LogP contribution < -0.4 is 5.32 Å². The summed E-state index contributed by atoms with van der Waals surface area (Å²) < 4.78 is 0. The Morgan fingerprint density at radius 3 is 2.42 bits per heavy atom. The fourth-order valence-electron chi connectivity index (χ4n) is 2.56. The van der Waals surface area contributed by atoms with Crippen LogP contribution in [0.4, 0.5) is 0 Å². The fraction of sp³-hybridized carbons (Fsp3) is 0.889. The molecular formula is C9H15NO2. The molecule has 0 aromatic rings. The molecule has 0 unspecified atom stereocenters.